The lowest BCUT2D eigenvalue weighted by Gasteiger charge is -2.32. The molecular weight excluding hydrogens is 384 g/mol. The SMILES string of the molecule is CCc1ccc([C@H](C)NC(=O)[C@@H]2CCCN(S(=O)(=O)c3ccc(C)cc3)C2)cc1. The van der Waals surface area contributed by atoms with Crippen molar-refractivity contribution in [3.63, 3.8) is 0 Å². The van der Waals surface area contributed by atoms with Crippen molar-refractivity contribution < 1.29 is 13.2 Å². The van der Waals surface area contributed by atoms with Crippen molar-refractivity contribution in [2.24, 2.45) is 5.92 Å². The Morgan fingerprint density at radius 2 is 1.79 bits per heavy atom. The molecule has 0 radical (unpaired) electrons. The fraction of sp³-hybridized carbons (Fsp3) is 0.435. The van der Waals surface area contributed by atoms with Crippen LogP contribution in [-0.2, 0) is 21.2 Å². The number of carbonyl (C=O) groups is 1. The molecule has 5 nitrogen and oxygen atoms in total. The van der Waals surface area contributed by atoms with Gasteiger partial charge in [-0.3, -0.25) is 4.79 Å². The average molecular weight is 415 g/mol. The summed E-state index contributed by atoms with van der Waals surface area (Å²) in [5.74, 6) is -0.415. The van der Waals surface area contributed by atoms with E-state index in [1.807, 2.05) is 26.0 Å². The third-order valence-electron chi connectivity index (χ3n) is 5.66. The van der Waals surface area contributed by atoms with Crippen LogP contribution in [0.1, 0.15) is 49.4 Å². The minimum atomic E-state index is -3.58. The smallest absolute Gasteiger partial charge is 0.243 e. The van der Waals surface area contributed by atoms with Gasteiger partial charge in [0.15, 0.2) is 0 Å². The lowest BCUT2D eigenvalue weighted by Crippen LogP contribution is -2.45. The Morgan fingerprint density at radius 1 is 1.14 bits per heavy atom. The molecule has 156 valence electrons. The molecule has 1 aliphatic heterocycles. The number of carbonyl (C=O) groups excluding carboxylic acids is 1. The lowest BCUT2D eigenvalue weighted by atomic mass is 9.97. The second kappa shape index (κ2) is 9.09. The number of nitrogens with one attached hydrogen (secondary N) is 1. The maximum absolute atomic E-state index is 13.0. The van der Waals surface area contributed by atoms with E-state index in [1.165, 1.54) is 9.87 Å². The minimum absolute atomic E-state index is 0.0825. The summed E-state index contributed by atoms with van der Waals surface area (Å²) in [6.45, 7) is 6.67. The highest BCUT2D eigenvalue weighted by Crippen LogP contribution is 2.25. The molecule has 0 unspecified atom stereocenters. The van der Waals surface area contributed by atoms with Crippen LogP contribution in [0.2, 0.25) is 0 Å². The third kappa shape index (κ3) is 5.06. The molecule has 0 aromatic heterocycles. The molecule has 1 amide bonds. The number of piperidine rings is 1. The number of hydrogen-bond acceptors (Lipinski definition) is 3. The van der Waals surface area contributed by atoms with E-state index < -0.39 is 10.0 Å². The lowest BCUT2D eigenvalue weighted by molar-refractivity contribution is -0.126. The Labute approximate surface area is 174 Å². The molecule has 1 aliphatic rings. The summed E-state index contributed by atoms with van der Waals surface area (Å²) in [7, 11) is -3.58. The van der Waals surface area contributed by atoms with E-state index in [-0.39, 0.29) is 29.3 Å². The maximum atomic E-state index is 13.0. The molecule has 2 atom stereocenters. The van der Waals surface area contributed by atoms with E-state index in [2.05, 4.69) is 24.4 Å². The van der Waals surface area contributed by atoms with Crippen LogP contribution in [0.4, 0.5) is 0 Å². The van der Waals surface area contributed by atoms with Crippen LogP contribution in [-0.4, -0.2) is 31.7 Å². The molecule has 1 N–H and O–H groups in total. The van der Waals surface area contributed by atoms with Gasteiger partial charge < -0.3 is 5.32 Å². The topological polar surface area (TPSA) is 66.5 Å². The first-order valence-corrected chi connectivity index (χ1v) is 11.7. The summed E-state index contributed by atoms with van der Waals surface area (Å²) in [5.41, 5.74) is 3.33. The molecular formula is C23H30N2O3S. The Balaban J connectivity index is 1.66. The molecule has 0 bridgehead atoms. The summed E-state index contributed by atoms with van der Waals surface area (Å²) >= 11 is 0. The zero-order chi connectivity index (χ0) is 21.0. The number of aryl methyl sites for hydroxylation is 2. The Morgan fingerprint density at radius 3 is 2.41 bits per heavy atom. The zero-order valence-electron chi connectivity index (χ0n) is 17.4. The minimum Gasteiger partial charge on any atom is -0.349 e. The van der Waals surface area contributed by atoms with Gasteiger partial charge in [-0.1, -0.05) is 48.9 Å². The number of nitrogens with zero attached hydrogens (tertiary/aromatic N) is 1. The van der Waals surface area contributed by atoms with Gasteiger partial charge in [-0.25, -0.2) is 8.42 Å². The van der Waals surface area contributed by atoms with E-state index in [1.54, 1.807) is 24.3 Å². The van der Waals surface area contributed by atoms with Crippen LogP contribution in [0.15, 0.2) is 53.4 Å². The molecule has 3 rings (SSSR count). The summed E-state index contributed by atoms with van der Waals surface area (Å²) in [6, 6.07) is 15.0. The van der Waals surface area contributed by atoms with Crippen molar-refractivity contribution in [3.05, 3.63) is 65.2 Å². The van der Waals surface area contributed by atoms with Crippen molar-refractivity contribution in [1.82, 2.24) is 9.62 Å². The molecule has 2 aromatic carbocycles. The van der Waals surface area contributed by atoms with Gasteiger partial charge in [0.25, 0.3) is 0 Å². The summed E-state index contributed by atoms with van der Waals surface area (Å²) in [4.78, 5) is 13.1. The van der Waals surface area contributed by atoms with Gasteiger partial charge in [0, 0.05) is 13.1 Å². The number of benzene rings is 2. The van der Waals surface area contributed by atoms with E-state index >= 15 is 0 Å². The predicted octanol–water partition coefficient (Wildman–Crippen LogP) is 3.84. The Kier molecular flexibility index (Phi) is 6.75. The highest BCUT2D eigenvalue weighted by Gasteiger charge is 2.33. The second-order valence-electron chi connectivity index (χ2n) is 7.84. The number of rotatable bonds is 6. The molecule has 1 fully saturated rings. The van der Waals surface area contributed by atoms with E-state index in [0.717, 1.165) is 17.5 Å². The fourth-order valence-corrected chi connectivity index (χ4v) is 5.21. The van der Waals surface area contributed by atoms with Gasteiger partial charge in [-0.2, -0.15) is 4.31 Å². The van der Waals surface area contributed by atoms with Crippen LogP contribution in [0.5, 0.6) is 0 Å². The van der Waals surface area contributed by atoms with Crippen LogP contribution in [0.25, 0.3) is 0 Å². The van der Waals surface area contributed by atoms with Crippen molar-refractivity contribution in [2.75, 3.05) is 13.1 Å². The third-order valence-corrected chi connectivity index (χ3v) is 7.54. The fourth-order valence-electron chi connectivity index (χ4n) is 3.69. The Hall–Kier alpha value is -2.18. The molecule has 6 heteroatoms. The van der Waals surface area contributed by atoms with E-state index in [9.17, 15) is 13.2 Å². The predicted molar refractivity (Wildman–Crippen MR) is 115 cm³/mol. The number of hydrogen-bond donors (Lipinski definition) is 1. The standard InChI is InChI=1S/C23H30N2O3S/c1-4-19-9-11-20(12-10-19)18(3)24-23(26)21-6-5-15-25(16-21)29(27,28)22-13-7-17(2)8-14-22/h7-14,18,21H,4-6,15-16H2,1-3H3,(H,24,26)/t18-,21+/m0/s1. The summed E-state index contributed by atoms with van der Waals surface area (Å²) < 4.78 is 27.4. The first kappa shape index (κ1) is 21.5. The molecule has 1 heterocycles. The van der Waals surface area contributed by atoms with Gasteiger partial charge in [-0.05, 0) is 56.4 Å². The van der Waals surface area contributed by atoms with Gasteiger partial charge in [0.1, 0.15) is 0 Å². The molecule has 0 aliphatic carbocycles. The van der Waals surface area contributed by atoms with Crippen LogP contribution < -0.4 is 5.32 Å². The molecule has 1 saturated heterocycles. The van der Waals surface area contributed by atoms with Crippen molar-refractivity contribution in [2.45, 2.75) is 51.0 Å². The van der Waals surface area contributed by atoms with Crippen LogP contribution >= 0.6 is 0 Å². The van der Waals surface area contributed by atoms with Crippen molar-refractivity contribution in [1.29, 1.82) is 0 Å². The summed E-state index contributed by atoms with van der Waals surface area (Å²) in [6.07, 6.45) is 2.37. The van der Waals surface area contributed by atoms with Crippen LogP contribution in [0, 0.1) is 12.8 Å². The van der Waals surface area contributed by atoms with Gasteiger partial charge in [-0.15, -0.1) is 0 Å². The molecule has 0 spiro atoms. The average Bonchev–Trinajstić information content (AvgIpc) is 2.74. The quantitative estimate of drug-likeness (QED) is 0.781. The van der Waals surface area contributed by atoms with Crippen molar-refractivity contribution >= 4 is 15.9 Å². The number of amides is 1. The van der Waals surface area contributed by atoms with Crippen molar-refractivity contribution in [3.8, 4) is 0 Å². The van der Waals surface area contributed by atoms with E-state index in [4.69, 9.17) is 0 Å². The van der Waals surface area contributed by atoms with Gasteiger partial charge in [0.2, 0.25) is 15.9 Å². The second-order valence-corrected chi connectivity index (χ2v) is 9.78. The monoisotopic (exact) mass is 414 g/mol. The summed E-state index contributed by atoms with van der Waals surface area (Å²) in [5, 5.41) is 3.06. The molecule has 29 heavy (non-hydrogen) atoms. The highest BCUT2D eigenvalue weighted by atomic mass is 32.2. The number of sulfonamides is 1. The highest BCUT2D eigenvalue weighted by molar-refractivity contribution is 7.89. The maximum Gasteiger partial charge on any atom is 0.243 e. The molecule has 0 saturated carbocycles. The van der Waals surface area contributed by atoms with Gasteiger partial charge in [0.05, 0.1) is 16.9 Å². The van der Waals surface area contributed by atoms with Crippen LogP contribution in [0.3, 0.4) is 0 Å². The first-order chi connectivity index (χ1) is 13.8. The largest absolute Gasteiger partial charge is 0.349 e. The van der Waals surface area contributed by atoms with E-state index in [0.29, 0.717) is 19.4 Å². The zero-order valence-corrected chi connectivity index (χ0v) is 18.2. The Bertz CT molecular complexity index is 937. The molecule has 2 aromatic rings. The normalized spacial score (nSPS) is 18.9. The van der Waals surface area contributed by atoms with Gasteiger partial charge >= 0.3 is 0 Å². The first-order valence-electron chi connectivity index (χ1n) is 10.3.